The van der Waals surface area contributed by atoms with Crippen LogP contribution >= 0.6 is 0 Å². The highest BCUT2D eigenvalue weighted by atomic mass is 19.2. The van der Waals surface area contributed by atoms with Gasteiger partial charge >= 0.3 is 0 Å². The second-order valence-electron chi connectivity index (χ2n) is 4.53. The molecule has 2 aromatic carbocycles. The van der Waals surface area contributed by atoms with Crippen molar-refractivity contribution in [2.45, 2.75) is 19.5 Å². The average molecular weight is 283 g/mol. The van der Waals surface area contributed by atoms with E-state index in [1.54, 1.807) is 12.1 Å². The second-order valence-corrected chi connectivity index (χ2v) is 4.53. The van der Waals surface area contributed by atoms with Crippen LogP contribution in [0.15, 0.2) is 36.4 Å². The SMILES string of the molecule is CC(NCc1cc(F)c(F)c(F)c1)c1ccc(F)cc1. The van der Waals surface area contributed by atoms with Crippen molar-refractivity contribution in [3.63, 3.8) is 0 Å². The molecule has 0 aliphatic carbocycles. The van der Waals surface area contributed by atoms with Crippen LogP contribution in [0.1, 0.15) is 24.1 Å². The lowest BCUT2D eigenvalue weighted by Crippen LogP contribution is -2.18. The molecular formula is C15H13F4N. The van der Waals surface area contributed by atoms with Crippen LogP contribution in [0.25, 0.3) is 0 Å². The molecule has 0 radical (unpaired) electrons. The molecule has 2 aromatic rings. The minimum Gasteiger partial charge on any atom is -0.306 e. The van der Waals surface area contributed by atoms with Crippen LogP contribution in [0.3, 0.4) is 0 Å². The Kier molecular flexibility index (Phi) is 4.39. The van der Waals surface area contributed by atoms with Crippen LogP contribution in [0, 0.1) is 23.3 Å². The summed E-state index contributed by atoms with van der Waals surface area (Å²) in [5, 5.41) is 3.03. The molecule has 1 nitrogen and oxygen atoms in total. The zero-order chi connectivity index (χ0) is 14.7. The molecule has 0 aliphatic heterocycles. The van der Waals surface area contributed by atoms with Crippen molar-refractivity contribution in [3.05, 3.63) is 70.8 Å². The number of hydrogen-bond donors (Lipinski definition) is 1. The van der Waals surface area contributed by atoms with E-state index in [0.717, 1.165) is 17.7 Å². The van der Waals surface area contributed by atoms with Gasteiger partial charge in [-0.05, 0) is 42.3 Å². The van der Waals surface area contributed by atoms with E-state index in [2.05, 4.69) is 5.32 Å². The molecule has 1 unspecified atom stereocenters. The van der Waals surface area contributed by atoms with Gasteiger partial charge in [-0.25, -0.2) is 17.6 Å². The molecule has 0 heterocycles. The predicted molar refractivity (Wildman–Crippen MR) is 68.0 cm³/mol. The van der Waals surface area contributed by atoms with Crippen molar-refractivity contribution in [3.8, 4) is 0 Å². The van der Waals surface area contributed by atoms with Crippen molar-refractivity contribution < 1.29 is 17.6 Å². The van der Waals surface area contributed by atoms with Gasteiger partial charge in [-0.15, -0.1) is 0 Å². The maximum Gasteiger partial charge on any atom is 0.194 e. The fourth-order valence-corrected chi connectivity index (χ4v) is 1.85. The van der Waals surface area contributed by atoms with Crippen molar-refractivity contribution in [2.75, 3.05) is 0 Å². The Bertz CT molecular complexity index is 572. The molecule has 0 bridgehead atoms. The van der Waals surface area contributed by atoms with Gasteiger partial charge in [-0.1, -0.05) is 12.1 Å². The molecule has 2 rings (SSSR count). The highest BCUT2D eigenvalue weighted by molar-refractivity contribution is 5.21. The molecule has 1 N–H and O–H groups in total. The second kappa shape index (κ2) is 6.05. The van der Waals surface area contributed by atoms with Crippen molar-refractivity contribution in [1.29, 1.82) is 0 Å². The first kappa shape index (κ1) is 14.5. The van der Waals surface area contributed by atoms with E-state index in [0.29, 0.717) is 5.56 Å². The smallest absolute Gasteiger partial charge is 0.194 e. The molecule has 0 saturated heterocycles. The predicted octanol–water partition coefficient (Wildman–Crippen LogP) is 4.09. The molecule has 5 heteroatoms. The van der Waals surface area contributed by atoms with Gasteiger partial charge in [-0.2, -0.15) is 0 Å². The summed E-state index contributed by atoms with van der Waals surface area (Å²) >= 11 is 0. The molecule has 0 saturated carbocycles. The monoisotopic (exact) mass is 283 g/mol. The summed E-state index contributed by atoms with van der Waals surface area (Å²) in [5.74, 6) is -4.23. The maximum atomic E-state index is 13.0. The van der Waals surface area contributed by atoms with Gasteiger partial charge in [0.25, 0.3) is 0 Å². The van der Waals surface area contributed by atoms with E-state index in [4.69, 9.17) is 0 Å². The third-order valence-corrected chi connectivity index (χ3v) is 3.03. The number of rotatable bonds is 4. The van der Waals surface area contributed by atoms with Gasteiger partial charge in [0.1, 0.15) is 5.82 Å². The summed E-state index contributed by atoms with van der Waals surface area (Å²) in [4.78, 5) is 0. The van der Waals surface area contributed by atoms with Crippen LogP contribution in [0.4, 0.5) is 17.6 Å². The van der Waals surface area contributed by atoms with E-state index in [-0.39, 0.29) is 18.4 Å². The van der Waals surface area contributed by atoms with Gasteiger partial charge in [0.15, 0.2) is 17.5 Å². The Morgan fingerprint density at radius 3 is 2.05 bits per heavy atom. The summed E-state index contributed by atoms with van der Waals surface area (Å²) in [6.07, 6.45) is 0. The zero-order valence-electron chi connectivity index (χ0n) is 10.8. The molecule has 1 atom stereocenters. The first-order chi connectivity index (χ1) is 9.47. The van der Waals surface area contributed by atoms with E-state index < -0.39 is 17.5 Å². The fraction of sp³-hybridized carbons (Fsp3) is 0.200. The Morgan fingerprint density at radius 2 is 1.50 bits per heavy atom. The molecule has 0 spiro atoms. The van der Waals surface area contributed by atoms with Crippen molar-refractivity contribution >= 4 is 0 Å². The maximum absolute atomic E-state index is 13.0. The van der Waals surface area contributed by atoms with Crippen molar-refractivity contribution in [2.24, 2.45) is 0 Å². The van der Waals surface area contributed by atoms with Crippen LogP contribution in [0.5, 0.6) is 0 Å². The zero-order valence-corrected chi connectivity index (χ0v) is 10.8. The Morgan fingerprint density at radius 1 is 0.950 bits per heavy atom. The molecular weight excluding hydrogens is 270 g/mol. The highest BCUT2D eigenvalue weighted by Crippen LogP contribution is 2.16. The quantitative estimate of drug-likeness (QED) is 0.658. The molecule has 106 valence electrons. The summed E-state index contributed by atoms with van der Waals surface area (Å²) in [5.41, 5.74) is 1.14. The van der Waals surface area contributed by atoms with Gasteiger partial charge in [0, 0.05) is 12.6 Å². The number of hydrogen-bond acceptors (Lipinski definition) is 1. The highest BCUT2D eigenvalue weighted by Gasteiger charge is 2.11. The first-order valence-corrected chi connectivity index (χ1v) is 6.09. The van der Waals surface area contributed by atoms with Crippen LogP contribution < -0.4 is 5.32 Å². The lowest BCUT2D eigenvalue weighted by atomic mass is 10.1. The molecule has 0 aliphatic rings. The topological polar surface area (TPSA) is 12.0 Å². The standard InChI is InChI=1S/C15H13F4N/c1-9(11-2-4-12(16)5-3-11)20-8-10-6-13(17)15(19)14(18)7-10/h2-7,9,20H,8H2,1H3. The lowest BCUT2D eigenvalue weighted by Gasteiger charge is -2.14. The lowest BCUT2D eigenvalue weighted by molar-refractivity contribution is 0.443. The number of halogens is 4. The minimum atomic E-state index is -1.47. The summed E-state index contributed by atoms with van der Waals surface area (Å²) in [6, 6.07) is 7.69. The first-order valence-electron chi connectivity index (χ1n) is 6.09. The van der Waals surface area contributed by atoms with E-state index >= 15 is 0 Å². The molecule has 20 heavy (non-hydrogen) atoms. The average Bonchev–Trinajstić information content (AvgIpc) is 2.42. The van der Waals surface area contributed by atoms with E-state index in [1.165, 1.54) is 12.1 Å². The van der Waals surface area contributed by atoms with Gasteiger partial charge in [-0.3, -0.25) is 0 Å². The van der Waals surface area contributed by atoms with Crippen LogP contribution in [0.2, 0.25) is 0 Å². The molecule has 0 fully saturated rings. The summed E-state index contributed by atoms with van der Waals surface area (Å²) in [7, 11) is 0. The van der Waals surface area contributed by atoms with Crippen molar-refractivity contribution in [1.82, 2.24) is 5.32 Å². The Balaban J connectivity index is 2.03. The van der Waals surface area contributed by atoms with Gasteiger partial charge in [0.2, 0.25) is 0 Å². The Hall–Kier alpha value is -1.88. The van der Waals surface area contributed by atoms with E-state index in [1.807, 2.05) is 6.92 Å². The van der Waals surface area contributed by atoms with Crippen LogP contribution in [-0.4, -0.2) is 0 Å². The summed E-state index contributed by atoms with van der Waals surface area (Å²) in [6.45, 7) is 2.01. The Labute approximate surface area is 114 Å². The number of benzene rings is 2. The van der Waals surface area contributed by atoms with Gasteiger partial charge in [0.05, 0.1) is 0 Å². The third kappa shape index (κ3) is 3.36. The molecule has 0 amide bonds. The number of nitrogens with one attached hydrogen (secondary N) is 1. The fourth-order valence-electron chi connectivity index (χ4n) is 1.85. The molecule has 0 aromatic heterocycles. The summed E-state index contributed by atoms with van der Waals surface area (Å²) < 4.78 is 51.7. The largest absolute Gasteiger partial charge is 0.306 e. The van der Waals surface area contributed by atoms with E-state index in [9.17, 15) is 17.6 Å². The normalized spacial score (nSPS) is 12.4. The van der Waals surface area contributed by atoms with Crippen LogP contribution in [-0.2, 0) is 6.54 Å². The minimum absolute atomic E-state index is 0.133. The van der Waals surface area contributed by atoms with Gasteiger partial charge < -0.3 is 5.32 Å². The third-order valence-electron chi connectivity index (χ3n) is 3.03.